The van der Waals surface area contributed by atoms with Crippen LogP contribution in [0.25, 0.3) is 27.8 Å². The summed E-state index contributed by atoms with van der Waals surface area (Å²) in [5.74, 6) is -0.644. The summed E-state index contributed by atoms with van der Waals surface area (Å²) in [7, 11) is 0. The van der Waals surface area contributed by atoms with Crippen LogP contribution in [0.5, 0.6) is 11.5 Å². The number of benzene rings is 2. The molecule has 2 aromatic carbocycles. The molecule has 4 aromatic rings. The highest BCUT2D eigenvalue weighted by Crippen LogP contribution is 2.36. The van der Waals surface area contributed by atoms with E-state index in [-0.39, 0.29) is 17.1 Å². The molecule has 8 heteroatoms. The zero-order chi connectivity index (χ0) is 20.0. The van der Waals surface area contributed by atoms with E-state index in [0.29, 0.717) is 38.6 Å². The third-order valence-electron chi connectivity index (χ3n) is 4.47. The number of pyridine rings is 1. The number of aromatic amines is 1. The van der Waals surface area contributed by atoms with E-state index in [4.69, 9.17) is 11.6 Å². The van der Waals surface area contributed by atoms with E-state index in [1.54, 1.807) is 35.9 Å². The normalized spacial score (nSPS) is 10.9. The van der Waals surface area contributed by atoms with Crippen molar-refractivity contribution in [3.05, 3.63) is 69.1 Å². The molecule has 0 bridgehead atoms. The van der Waals surface area contributed by atoms with Crippen LogP contribution < -0.4 is 5.56 Å². The van der Waals surface area contributed by atoms with Gasteiger partial charge in [0.2, 0.25) is 0 Å². The molecule has 0 saturated heterocycles. The number of phenols is 2. The summed E-state index contributed by atoms with van der Waals surface area (Å²) in [4.78, 5) is 15.3. The second-order valence-electron chi connectivity index (χ2n) is 6.22. The molecule has 0 aliphatic rings. The molecule has 0 atom stereocenters. The van der Waals surface area contributed by atoms with Crippen LogP contribution in [0.2, 0.25) is 5.02 Å². The largest absolute Gasteiger partial charge is 0.504 e. The average molecular weight is 393 g/mol. The number of fused-ring (bicyclic) bond motifs is 1. The van der Waals surface area contributed by atoms with E-state index in [2.05, 4.69) is 10.1 Å². The zero-order valence-corrected chi connectivity index (χ0v) is 15.3. The van der Waals surface area contributed by atoms with E-state index < -0.39 is 5.56 Å². The lowest BCUT2D eigenvalue weighted by Crippen LogP contribution is -2.13. The molecule has 0 spiro atoms. The summed E-state index contributed by atoms with van der Waals surface area (Å²) in [5.41, 5.74) is 1.76. The molecule has 2 heterocycles. The minimum Gasteiger partial charge on any atom is -0.504 e. The van der Waals surface area contributed by atoms with Crippen LogP contribution in [0.3, 0.4) is 0 Å². The Morgan fingerprint density at radius 3 is 2.50 bits per heavy atom. The molecule has 7 nitrogen and oxygen atoms in total. The fourth-order valence-electron chi connectivity index (χ4n) is 3.19. The molecule has 138 valence electrons. The van der Waals surface area contributed by atoms with Crippen LogP contribution in [0.1, 0.15) is 11.3 Å². The summed E-state index contributed by atoms with van der Waals surface area (Å²) in [6, 6.07) is 13.0. The molecular weight excluding hydrogens is 380 g/mol. The highest BCUT2D eigenvalue weighted by atomic mass is 35.5. The number of aromatic nitrogens is 3. The van der Waals surface area contributed by atoms with Gasteiger partial charge in [0.15, 0.2) is 11.5 Å². The molecule has 0 fully saturated rings. The van der Waals surface area contributed by atoms with Crippen LogP contribution in [0.4, 0.5) is 0 Å². The number of rotatable bonds is 2. The maximum atomic E-state index is 12.6. The van der Waals surface area contributed by atoms with Gasteiger partial charge in [0.05, 0.1) is 11.4 Å². The number of hydrogen-bond donors (Lipinski definition) is 3. The highest BCUT2D eigenvalue weighted by Gasteiger charge is 2.21. The third-order valence-corrected chi connectivity index (χ3v) is 4.72. The molecule has 0 saturated carbocycles. The van der Waals surface area contributed by atoms with Crippen LogP contribution in [-0.4, -0.2) is 25.0 Å². The Morgan fingerprint density at radius 2 is 1.86 bits per heavy atom. The fourth-order valence-corrected chi connectivity index (χ4v) is 3.32. The van der Waals surface area contributed by atoms with Crippen molar-refractivity contribution in [2.24, 2.45) is 0 Å². The Balaban J connectivity index is 2.12. The number of aryl methyl sites for hydroxylation is 1. The van der Waals surface area contributed by atoms with E-state index in [0.717, 1.165) is 0 Å². The van der Waals surface area contributed by atoms with E-state index >= 15 is 0 Å². The number of hydrogen-bond acceptors (Lipinski definition) is 5. The Kier molecular flexibility index (Phi) is 4.06. The van der Waals surface area contributed by atoms with Gasteiger partial charge in [-0.1, -0.05) is 17.7 Å². The molecule has 28 heavy (non-hydrogen) atoms. The number of nitrogens with one attached hydrogen (secondary N) is 1. The second kappa shape index (κ2) is 6.44. The quantitative estimate of drug-likeness (QED) is 0.450. The maximum Gasteiger partial charge on any atom is 0.268 e. The van der Waals surface area contributed by atoms with Gasteiger partial charge in [-0.3, -0.25) is 4.79 Å². The van der Waals surface area contributed by atoms with Crippen molar-refractivity contribution in [3.63, 3.8) is 0 Å². The summed E-state index contributed by atoms with van der Waals surface area (Å²) in [6.07, 6.45) is 0. The van der Waals surface area contributed by atoms with Gasteiger partial charge in [-0.15, -0.1) is 0 Å². The molecule has 4 rings (SSSR count). The first-order chi connectivity index (χ1) is 13.4. The predicted molar refractivity (Wildman–Crippen MR) is 105 cm³/mol. The first kappa shape index (κ1) is 17.6. The Labute approximate surface area is 163 Å². The summed E-state index contributed by atoms with van der Waals surface area (Å²) >= 11 is 5.95. The SMILES string of the molecule is Cc1nn(-c2ccc(Cl)cc2)c2[nH]c(=O)c(C#N)c(-c3ccc(O)c(O)c3)c12. The van der Waals surface area contributed by atoms with Gasteiger partial charge in [0.1, 0.15) is 17.3 Å². The monoisotopic (exact) mass is 392 g/mol. The summed E-state index contributed by atoms with van der Waals surface area (Å²) < 4.78 is 1.56. The Morgan fingerprint density at radius 1 is 1.14 bits per heavy atom. The standard InChI is InChI=1S/C20H13ClN4O3/c1-10-17-18(11-2-7-15(26)16(27)8-11)14(9-22)20(28)23-19(17)25(24-10)13-5-3-12(21)4-6-13/h2-8,26-27H,1H3,(H,23,28). The lowest BCUT2D eigenvalue weighted by Gasteiger charge is -2.09. The van der Waals surface area contributed by atoms with Gasteiger partial charge in [-0.2, -0.15) is 10.4 Å². The molecule has 2 aromatic heterocycles. The van der Waals surface area contributed by atoms with Crippen molar-refractivity contribution in [1.29, 1.82) is 5.26 Å². The number of nitrogens with zero attached hydrogens (tertiary/aromatic N) is 3. The zero-order valence-electron chi connectivity index (χ0n) is 14.6. The highest BCUT2D eigenvalue weighted by molar-refractivity contribution is 6.30. The molecule has 0 unspecified atom stereocenters. The third kappa shape index (κ3) is 2.68. The topological polar surface area (TPSA) is 115 Å². The van der Waals surface area contributed by atoms with Gasteiger partial charge < -0.3 is 15.2 Å². The number of nitriles is 1. The van der Waals surface area contributed by atoms with Crippen LogP contribution >= 0.6 is 11.6 Å². The average Bonchev–Trinajstić information content (AvgIpc) is 2.99. The predicted octanol–water partition coefficient (Wildman–Crippen LogP) is 3.63. The lowest BCUT2D eigenvalue weighted by atomic mass is 9.97. The van der Waals surface area contributed by atoms with Crippen molar-refractivity contribution in [2.75, 3.05) is 0 Å². The smallest absolute Gasteiger partial charge is 0.268 e. The molecular formula is C20H13ClN4O3. The molecule has 3 N–H and O–H groups in total. The van der Waals surface area contributed by atoms with Gasteiger partial charge in [-0.25, -0.2) is 4.68 Å². The van der Waals surface area contributed by atoms with Gasteiger partial charge in [0, 0.05) is 16.0 Å². The summed E-state index contributed by atoms with van der Waals surface area (Å²) in [6.45, 7) is 1.76. The van der Waals surface area contributed by atoms with Gasteiger partial charge >= 0.3 is 0 Å². The van der Waals surface area contributed by atoms with Gasteiger partial charge in [-0.05, 0) is 48.9 Å². The van der Waals surface area contributed by atoms with E-state index in [9.17, 15) is 20.3 Å². The van der Waals surface area contributed by atoms with Crippen LogP contribution in [0.15, 0.2) is 47.3 Å². The molecule has 0 aliphatic heterocycles. The number of H-pyrrole nitrogens is 1. The van der Waals surface area contributed by atoms with Crippen molar-refractivity contribution in [2.45, 2.75) is 6.92 Å². The Bertz CT molecular complexity index is 1330. The van der Waals surface area contributed by atoms with Crippen molar-refractivity contribution in [3.8, 4) is 34.4 Å². The number of halogens is 1. The molecule has 0 radical (unpaired) electrons. The minimum atomic E-state index is -0.576. The van der Waals surface area contributed by atoms with Crippen molar-refractivity contribution >= 4 is 22.6 Å². The van der Waals surface area contributed by atoms with Crippen molar-refractivity contribution in [1.82, 2.24) is 14.8 Å². The number of aromatic hydroxyl groups is 2. The van der Waals surface area contributed by atoms with Crippen LogP contribution in [-0.2, 0) is 0 Å². The lowest BCUT2D eigenvalue weighted by molar-refractivity contribution is 0.404. The molecule has 0 amide bonds. The first-order valence-corrected chi connectivity index (χ1v) is 8.62. The molecule has 0 aliphatic carbocycles. The van der Waals surface area contributed by atoms with E-state index in [1.165, 1.54) is 18.2 Å². The van der Waals surface area contributed by atoms with Crippen LogP contribution in [0, 0.1) is 18.3 Å². The minimum absolute atomic E-state index is 0.101. The first-order valence-electron chi connectivity index (χ1n) is 8.24. The van der Waals surface area contributed by atoms with Gasteiger partial charge in [0.25, 0.3) is 5.56 Å². The maximum absolute atomic E-state index is 12.6. The Hall–Kier alpha value is -3.76. The van der Waals surface area contributed by atoms with Crippen molar-refractivity contribution < 1.29 is 10.2 Å². The second-order valence-corrected chi connectivity index (χ2v) is 6.65. The fraction of sp³-hybridized carbons (Fsp3) is 0.0500. The summed E-state index contributed by atoms with van der Waals surface area (Å²) in [5, 5.41) is 34.7. The van der Waals surface area contributed by atoms with E-state index in [1.807, 2.05) is 6.07 Å². The number of phenolic OH excluding ortho intramolecular Hbond substituents is 2.